The van der Waals surface area contributed by atoms with Crippen molar-refractivity contribution >= 4 is 35.8 Å². The van der Waals surface area contributed by atoms with Crippen LogP contribution in [0.25, 0.3) is 0 Å². The van der Waals surface area contributed by atoms with E-state index in [4.69, 9.17) is 9.73 Å². The number of piperidine rings is 1. The van der Waals surface area contributed by atoms with Crippen LogP contribution in [0.15, 0.2) is 4.99 Å². The molecule has 6 nitrogen and oxygen atoms in total. The molecule has 1 aliphatic carbocycles. The van der Waals surface area contributed by atoms with Gasteiger partial charge in [-0.05, 0) is 39.0 Å². The van der Waals surface area contributed by atoms with Gasteiger partial charge in [-0.25, -0.2) is 0 Å². The summed E-state index contributed by atoms with van der Waals surface area (Å²) in [7, 11) is 1.80. The van der Waals surface area contributed by atoms with Gasteiger partial charge < -0.3 is 20.3 Å². The normalized spacial score (nSPS) is 28.8. The van der Waals surface area contributed by atoms with Gasteiger partial charge in [0.2, 0.25) is 5.91 Å². The maximum absolute atomic E-state index is 11.4. The predicted octanol–water partition coefficient (Wildman–Crippen LogP) is 2.62. The summed E-state index contributed by atoms with van der Waals surface area (Å²) in [4.78, 5) is 18.2. The molecular formula is C19H37IN4O2. The maximum Gasteiger partial charge on any atom is 0.219 e. The van der Waals surface area contributed by atoms with Crippen molar-refractivity contribution in [3.8, 4) is 0 Å². The van der Waals surface area contributed by atoms with Gasteiger partial charge in [0, 0.05) is 51.7 Å². The molecule has 2 N–H and O–H groups in total. The molecule has 7 heteroatoms. The quantitative estimate of drug-likeness (QED) is 0.361. The van der Waals surface area contributed by atoms with Crippen molar-refractivity contribution < 1.29 is 9.53 Å². The number of methoxy groups -OCH3 is 1. The van der Waals surface area contributed by atoms with Crippen LogP contribution >= 0.6 is 24.0 Å². The first kappa shape index (κ1) is 23.5. The van der Waals surface area contributed by atoms with Crippen molar-refractivity contribution in [2.75, 3.05) is 33.3 Å². The minimum atomic E-state index is -0.0818. The van der Waals surface area contributed by atoms with Crippen LogP contribution in [-0.2, 0) is 9.53 Å². The van der Waals surface area contributed by atoms with Gasteiger partial charge in [-0.1, -0.05) is 13.8 Å². The maximum atomic E-state index is 11.4. The molecule has 152 valence electrons. The van der Waals surface area contributed by atoms with E-state index in [9.17, 15) is 4.79 Å². The van der Waals surface area contributed by atoms with E-state index >= 15 is 0 Å². The minimum absolute atomic E-state index is 0. The van der Waals surface area contributed by atoms with E-state index in [-0.39, 0.29) is 40.9 Å². The molecule has 1 aliphatic heterocycles. The molecule has 1 saturated carbocycles. The van der Waals surface area contributed by atoms with Crippen LogP contribution in [0.1, 0.15) is 53.9 Å². The molecule has 2 fully saturated rings. The third-order valence-electron chi connectivity index (χ3n) is 6.50. The van der Waals surface area contributed by atoms with E-state index in [1.807, 2.05) is 4.90 Å². The van der Waals surface area contributed by atoms with Gasteiger partial charge in [-0.15, -0.1) is 24.0 Å². The molecule has 2 rings (SSSR count). The highest BCUT2D eigenvalue weighted by Gasteiger charge is 2.58. The highest BCUT2D eigenvalue weighted by Crippen LogP contribution is 2.51. The molecule has 2 atom stereocenters. The molecule has 1 amide bonds. The molecule has 0 bridgehead atoms. The Bertz CT molecular complexity index is 504. The monoisotopic (exact) mass is 480 g/mol. The molecule has 2 unspecified atom stereocenters. The van der Waals surface area contributed by atoms with Crippen molar-refractivity contribution in [3.63, 3.8) is 0 Å². The molecular weight excluding hydrogens is 443 g/mol. The number of amides is 1. The number of guanidine groups is 1. The van der Waals surface area contributed by atoms with E-state index in [1.54, 1.807) is 14.0 Å². The highest BCUT2D eigenvalue weighted by atomic mass is 127. The van der Waals surface area contributed by atoms with Crippen LogP contribution in [0.3, 0.4) is 0 Å². The molecule has 0 spiro atoms. The average molecular weight is 480 g/mol. The zero-order valence-electron chi connectivity index (χ0n) is 17.2. The number of aliphatic imine (C=N–C) groups is 1. The van der Waals surface area contributed by atoms with Crippen molar-refractivity contribution in [2.45, 2.75) is 65.5 Å². The SMILES string of the molecule is CCNC(=NCC1CCN(C(C)=O)CC1)NC1CC(C)(OC)C1(C)C.I. The Morgan fingerprint density at radius 2 is 1.88 bits per heavy atom. The molecule has 1 heterocycles. The fourth-order valence-corrected chi connectivity index (χ4v) is 3.86. The van der Waals surface area contributed by atoms with Gasteiger partial charge >= 0.3 is 0 Å². The third-order valence-corrected chi connectivity index (χ3v) is 6.50. The summed E-state index contributed by atoms with van der Waals surface area (Å²) >= 11 is 0. The summed E-state index contributed by atoms with van der Waals surface area (Å²) in [5.74, 6) is 1.64. The summed E-state index contributed by atoms with van der Waals surface area (Å²) < 4.78 is 5.71. The van der Waals surface area contributed by atoms with Gasteiger partial charge in [0.05, 0.1) is 5.60 Å². The zero-order chi connectivity index (χ0) is 18.7. The van der Waals surface area contributed by atoms with Crippen LogP contribution in [0.4, 0.5) is 0 Å². The molecule has 2 aliphatic rings. The molecule has 0 aromatic carbocycles. The third kappa shape index (κ3) is 5.03. The van der Waals surface area contributed by atoms with E-state index in [0.717, 1.165) is 51.4 Å². The number of nitrogens with zero attached hydrogens (tertiary/aromatic N) is 2. The summed E-state index contributed by atoms with van der Waals surface area (Å²) in [6.45, 7) is 13.8. The first-order valence-electron chi connectivity index (χ1n) is 9.59. The Balaban J connectivity index is 0.00000338. The minimum Gasteiger partial charge on any atom is -0.378 e. The number of nitrogens with one attached hydrogen (secondary N) is 2. The Morgan fingerprint density at radius 3 is 2.35 bits per heavy atom. The first-order chi connectivity index (χ1) is 11.7. The number of hydrogen-bond donors (Lipinski definition) is 2. The first-order valence-corrected chi connectivity index (χ1v) is 9.59. The predicted molar refractivity (Wildman–Crippen MR) is 117 cm³/mol. The lowest BCUT2D eigenvalue weighted by molar-refractivity contribution is -0.176. The summed E-state index contributed by atoms with van der Waals surface area (Å²) in [5.41, 5.74) is -0.0215. The molecule has 0 radical (unpaired) electrons. The van der Waals surface area contributed by atoms with Crippen molar-refractivity contribution in [2.24, 2.45) is 16.3 Å². The van der Waals surface area contributed by atoms with Crippen LogP contribution in [0.2, 0.25) is 0 Å². The Kier molecular flexibility index (Phi) is 8.64. The lowest BCUT2D eigenvalue weighted by Gasteiger charge is -2.59. The van der Waals surface area contributed by atoms with Crippen LogP contribution in [0.5, 0.6) is 0 Å². The number of rotatable bonds is 5. The van der Waals surface area contributed by atoms with E-state index in [0.29, 0.717) is 12.0 Å². The highest BCUT2D eigenvalue weighted by molar-refractivity contribution is 14.0. The summed E-state index contributed by atoms with van der Waals surface area (Å²) in [6.07, 6.45) is 3.07. The zero-order valence-corrected chi connectivity index (χ0v) is 19.6. The van der Waals surface area contributed by atoms with Crippen LogP contribution in [-0.4, -0.2) is 61.7 Å². The Morgan fingerprint density at radius 1 is 1.27 bits per heavy atom. The fourth-order valence-electron chi connectivity index (χ4n) is 3.86. The van der Waals surface area contributed by atoms with Gasteiger partial charge in [0.15, 0.2) is 5.96 Å². The number of ether oxygens (including phenoxy) is 1. The van der Waals surface area contributed by atoms with Gasteiger partial charge in [0.25, 0.3) is 0 Å². The molecule has 1 saturated heterocycles. The van der Waals surface area contributed by atoms with E-state index < -0.39 is 0 Å². The molecule has 0 aromatic rings. The molecule has 26 heavy (non-hydrogen) atoms. The lowest BCUT2D eigenvalue weighted by atomic mass is 9.56. The van der Waals surface area contributed by atoms with Crippen molar-refractivity contribution in [3.05, 3.63) is 0 Å². The van der Waals surface area contributed by atoms with E-state index in [2.05, 4.69) is 38.3 Å². The topological polar surface area (TPSA) is 66.0 Å². The number of carbonyl (C=O) groups is 1. The van der Waals surface area contributed by atoms with Crippen LogP contribution < -0.4 is 10.6 Å². The number of likely N-dealkylation sites (tertiary alicyclic amines) is 1. The van der Waals surface area contributed by atoms with E-state index in [1.165, 1.54) is 0 Å². The number of carbonyl (C=O) groups excluding carboxylic acids is 1. The second kappa shape index (κ2) is 9.57. The summed E-state index contributed by atoms with van der Waals surface area (Å²) in [6, 6.07) is 0.356. The van der Waals surface area contributed by atoms with Gasteiger partial charge in [0.1, 0.15) is 0 Å². The smallest absolute Gasteiger partial charge is 0.219 e. The standard InChI is InChI=1S/C19H36N4O2.HI/c1-7-20-17(22-16-12-19(5,25-6)18(16,3)4)21-13-15-8-10-23(11-9-15)14(2)24;/h15-16H,7-13H2,1-6H3,(H2,20,21,22);1H. The second-order valence-electron chi connectivity index (χ2n) is 8.23. The van der Waals surface area contributed by atoms with Crippen LogP contribution in [0, 0.1) is 11.3 Å². The average Bonchev–Trinajstić information content (AvgIpc) is 2.59. The van der Waals surface area contributed by atoms with Crippen molar-refractivity contribution in [1.82, 2.24) is 15.5 Å². The Hall–Kier alpha value is -0.570. The largest absolute Gasteiger partial charge is 0.378 e. The molecule has 0 aromatic heterocycles. The Labute approximate surface area is 175 Å². The fraction of sp³-hybridized carbons (Fsp3) is 0.895. The number of hydrogen-bond acceptors (Lipinski definition) is 3. The van der Waals surface area contributed by atoms with Crippen molar-refractivity contribution in [1.29, 1.82) is 0 Å². The van der Waals surface area contributed by atoms with Gasteiger partial charge in [-0.3, -0.25) is 9.79 Å². The summed E-state index contributed by atoms with van der Waals surface area (Å²) in [5, 5.41) is 6.96. The second-order valence-corrected chi connectivity index (χ2v) is 8.23. The number of halogens is 1. The van der Waals surface area contributed by atoms with Gasteiger partial charge in [-0.2, -0.15) is 0 Å². The lowest BCUT2D eigenvalue weighted by Crippen LogP contribution is -2.69.